The van der Waals surface area contributed by atoms with Crippen molar-refractivity contribution >= 4 is 24.3 Å². The number of hydrogen-bond acceptors (Lipinski definition) is 5. The summed E-state index contributed by atoms with van der Waals surface area (Å²) < 4.78 is 0. The maximum Gasteiger partial charge on any atom is 0.329 e. The third kappa shape index (κ3) is 35.7. The van der Waals surface area contributed by atoms with Gasteiger partial charge in [-0.3, -0.25) is 9.59 Å². The van der Waals surface area contributed by atoms with Gasteiger partial charge < -0.3 is 9.68 Å². The van der Waals surface area contributed by atoms with Crippen LogP contribution in [0.1, 0.15) is 226 Å². The van der Waals surface area contributed by atoms with Gasteiger partial charge in [-0.1, -0.05) is 194 Å². The highest BCUT2D eigenvalue weighted by Crippen LogP contribution is 2.16. The zero-order chi connectivity index (χ0) is 31.5. The Labute approximate surface area is 281 Å². The molecule has 0 heterocycles. The first-order valence-corrected chi connectivity index (χ1v) is 19.3. The van der Waals surface area contributed by atoms with Crippen molar-refractivity contribution < 1.29 is 19.3 Å². The van der Waals surface area contributed by atoms with Crippen LogP contribution in [0.25, 0.3) is 0 Å². The Bertz CT molecular complexity index is 541. The molecule has 6 heteroatoms. The van der Waals surface area contributed by atoms with Gasteiger partial charge in [0.2, 0.25) is 0 Å². The van der Waals surface area contributed by atoms with Crippen LogP contribution < -0.4 is 0 Å². The van der Waals surface area contributed by atoms with E-state index in [-0.39, 0.29) is 24.3 Å². The van der Waals surface area contributed by atoms with E-state index < -0.39 is 0 Å². The number of hydroxylamine groups is 2. The second kappa shape index (κ2) is 38.4. The molecule has 0 aliphatic rings. The Balaban J connectivity index is 0. The minimum atomic E-state index is -0.309. The molecule has 0 radical (unpaired) electrons. The standard InChI is InChI=1S/C38H75NO4.ClH/c1-4-7-9-11-13-15-17-19-21-23-25-27-29-31-33-35-37(40)42-39(6-3)43-38(41)36-34-32-30-28-26-24-22-20-18-16-14-12-10-8-5-2;/h4-36H2,1-3H3;1H. The van der Waals surface area contributed by atoms with Crippen LogP contribution >= 0.6 is 12.4 Å². The molecule has 0 rings (SSSR count). The van der Waals surface area contributed by atoms with E-state index in [9.17, 15) is 9.59 Å². The Morgan fingerprint density at radius 3 is 0.773 bits per heavy atom. The number of rotatable bonds is 35. The molecule has 0 aliphatic carbocycles. The molecule has 0 aliphatic heterocycles. The molecule has 0 fully saturated rings. The zero-order valence-corrected chi connectivity index (χ0v) is 30.6. The van der Waals surface area contributed by atoms with E-state index in [2.05, 4.69) is 13.8 Å². The lowest BCUT2D eigenvalue weighted by atomic mass is 10.0. The van der Waals surface area contributed by atoms with Crippen LogP contribution in [0.2, 0.25) is 0 Å². The molecule has 0 aromatic heterocycles. The first-order chi connectivity index (χ1) is 21.1. The summed E-state index contributed by atoms with van der Waals surface area (Å²) in [4.78, 5) is 34.9. The van der Waals surface area contributed by atoms with Crippen LogP contribution in [0.3, 0.4) is 0 Å². The van der Waals surface area contributed by atoms with Gasteiger partial charge in [-0.05, 0) is 19.8 Å². The maximum absolute atomic E-state index is 12.2. The van der Waals surface area contributed by atoms with Crippen molar-refractivity contribution in [1.82, 2.24) is 5.23 Å². The Morgan fingerprint density at radius 1 is 0.364 bits per heavy atom. The summed E-state index contributed by atoms with van der Waals surface area (Å²) in [7, 11) is 0. The molecule has 0 spiro atoms. The fraction of sp³-hybridized carbons (Fsp3) is 0.947. The number of hydrogen-bond donors (Lipinski definition) is 0. The van der Waals surface area contributed by atoms with E-state index in [1.165, 1.54) is 167 Å². The molecule has 5 nitrogen and oxygen atoms in total. The van der Waals surface area contributed by atoms with E-state index >= 15 is 0 Å². The number of halogens is 1. The first kappa shape index (κ1) is 45.3. The highest BCUT2D eigenvalue weighted by molar-refractivity contribution is 5.85. The SMILES string of the molecule is CCCCCCCCCCCCCCCCCC(=O)ON(CC)OC(=O)CCCCCCCCCCCCCCCCC.Cl. The lowest BCUT2D eigenvalue weighted by Gasteiger charge is -2.17. The van der Waals surface area contributed by atoms with Crippen LogP contribution in [0, 0.1) is 0 Å². The molecule has 0 atom stereocenters. The molecule has 0 unspecified atom stereocenters. The molecular weight excluding hydrogens is 570 g/mol. The lowest BCUT2D eigenvalue weighted by molar-refractivity contribution is -0.323. The van der Waals surface area contributed by atoms with Gasteiger partial charge in [0.05, 0.1) is 6.54 Å². The molecule has 0 aromatic carbocycles. The normalized spacial score (nSPS) is 11.1. The summed E-state index contributed by atoms with van der Waals surface area (Å²) in [6, 6.07) is 0. The molecule has 44 heavy (non-hydrogen) atoms. The van der Waals surface area contributed by atoms with E-state index in [0.29, 0.717) is 19.4 Å². The average Bonchev–Trinajstić information content (AvgIpc) is 3.00. The van der Waals surface area contributed by atoms with Crippen LogP contribution in [0.4, 0.5) is 0 Å². The third-order valence-corrected chi connectivity index (χ3v) is 8.63. The van der Waals surface area contributed by atoms with Crippen molar-refractivity contribution in [2.75, 3.05) is 6.54 Å². The van der Waals surface area contributed by atoms with Gasteiger partial charge in [0, 0.05) is 18.1 Å². The Hall–Kier alpha value is -0.810. The predicted octanol–water partition coefficient (Wildman–Crippen LogP) is 13.2. The van der Waals surface area contributed by atoms with Gasteiger partial charge in [-0.25, -0.2) is 0 Å². The summed E-state index contributed by atoms with van der Waals surface area (Å²) in [5.74, 6) is -0.618. The topological polar surface area (TPSA) is 55.8 Å². The molecule has 264 valence electrons. The predicted molar refractivity (Wildman–Crippen MR) is 191 cm³/mol. The lowest BCUT2D eigenvalue weighted by Crippen LogP contribution is -2.30. The minimum Gasteiger partial charge on any atom is -0.333 e. The maximum atomic E-state index is 12.2. The number of unbranched alkanes of at least 4 members (excludes halogenated alkanes) is 28. The van der Waals surface area contributed by atoms with Gasteiger partial charge in [0.15, 0.2) is 0 Å². The summed E-state index contributed by atoms with van der Waals surface area (Å²) in [5, 5.41) is 1.06. The van der Waals surface area contributed by atoms with E-state index in [0.717, 1.165) is 30.9 Å². The van der Waals surface area contributed by atoms with E-state index in [1.807, 2.05) is 6.92 Å². The van der Waals surface area contributed by atoms with Crippen molar-refractivity contribution in [1.29, 1.82) is 0 Å². The largest absolute Gasteiger partial charge is 0.333 e. The van der Waals surface area contributed by atoms with Gasteiger partial charge >= 0.3 is 11.9 Å². The second-order valence-electron chi connectivity index (χ2n) is 13.0. The van der Waals surface area contributed by atoms with Gasteiger partial charge in [-0.2, -0.15) is 0 Å². The number of nitrogens with zero attached hydrogens (tertiary/aromatic N) is 1. The molecule has 0 bridgehead atoms. The molecule has 0 saturated heterocycles. The molecule has 0 aromatic rings. The molecular formula is C38H76ClNO4. The Kier molecular flexibility index (Phi) is 39.5. The smallest absolute Gasteiger partial charge is 0.329 e. The second-order valence-corrected chi connectivity index (χ2v) is 13.0. The summed E-state index contributed by atoms with van der Waals surface area (Å²) in [6.45, 7) is 6.71. The minimum absolute atomic E-state index is 0. The van der Waals surface area contributed by atoms with Crippen LogP contribution in [-0.2, 0) is 19.3 Å². The van der Waals surface area contributed by atoms with Crippen molar-refractivity contribution in [2.45, 2.75) is 226 Å². The summed E-state index contributed by atoms with van der Waals surface area (Å²) >= 11 is 0. The van der Waals surface area contributed by atoms with E-state index in [4.69, 9.17) is 9.68 Å². The third-order valence-electron chi connectivity index (χ3n) is 8.63. The van der Waals surface area contributed by atoms with Crippen molar-refractivity contribution in [3.8, 4) is 0 Å². The van der Waals surface area contributed by atoms with Gasteiger partial charge in [0.25, 0.3) is 0 Å². The first-order valence-electron chi connectivity index (χ1n) is 19.3. The van der Waals surface area contributed by atoms with Crippen molar-refractivity contribution in [3.05, 3.63) is 0 Å². The van der Waals surface area contributed by atoms with Crippen LogP contribution in [0.15, 0.2) is 0 Å². The van der Waals surface area contributed by atoms with Crippen molar-refractivity contribution in [3.63, 3.8) is 0 Å². The zero-order valence-electron chi connectivity index (χ0n) is 29.8. The highest BCUT2D eigenvalue weighted by atomic mass is 35.5. The van der Waals surface area contributed by atoms with Crippen molar-refractivity contribution in [2.24, 2.45) is 0 Å². The van der Waals surface area contributed by atoms with Crippen LogP contribution in [0.5, 0.6) is 0 Å². The Morgan fingerprint density at radius 2 is 0.568 bits per heavy atom. The quantitative estimate of drug-likeness (QED) is 0.0507. The van der Waals surface area contributed by atoms with E-state index in [1.54, 1.807) is 0 Å². The molecule has 0 amide bonds. The van der Waals surface area contributed by atoms with Crippen LogP contribution in [-0.4, -0.2) is 23.7 Å². The number of carbonyl (C=O) groups is 2. The summed E-state index contributed by atoms with van der Waals surface area (Å²) in [6.07, 6.45) is 39.8. The number of carbonyl (C=O) groups excluding carboxylic acids is 2. The molecule has 0 saturated carbocycles. The molecule has 0 N–H and O–H groups in total. The average molecular weight is 646 g/mol. The fourth-order valence-electron chi connectivity index (χ4n) is 5.75. The van der Waals surface area contributed by atoms with Gasteiger partial charge in [-0.15, -0.1) is 12.4 Å². The highest BCUT2D eigenvalue weighted by Gasteiger charge is 2.15. The summed E-state index contributed by atoms with van der Waals surface area (Å²) in [5.41, 5.74) is 0. The van der Waals surface area contributed by atoms with Gasteiger partial charge in [0.1, 0.15) is 0 Å². The fourth-order valence-corrected chi connectivity index (χ4v) is 5.75. The monoisotopic (exact) mass is 646 g/mol.